The van der Waals surface area contributed by atoms with Crippen molar-refractivity contribution in [1.29, 1.82) is 0 Å². The number of esters is 1. The van der Waals surface area contributed by atoms with Gasteiger partial charge in [0.25, 0.3) is 22.2 Å². The maximum absolute atomic E-state index is 13.5. The third kappa shape index (κ3) is 7.71. The Morgan fingerprint density at radius 1 is 1.11 bits per heavy atom. The molecule has 0 aliphatic carbocycles. The lowest BCUT2D eigenvalue weighted by molar-refractivity contribution is -0.730. The van der Waals surface area contributed by atoms with Crippen LogP contribution in [0.1, 0.15) is 45.4 Å². The minimum atomic E-state index is -4.72. The van der Waals surface area contributed by atoms with Crippen molar-refractivity contribution in [3.05, 3.63) is 71.1 Å². The number of carbonyl (C=O) groups excluding carboxylic acids is 2. The summed E-state index contributed by atoms with van der Waals surface area (Å²) in [4.78, 5) is 29.2. The molecule has 0 bridgehead atoms. The van der Waals surface area contributed by atoms with Crippen LogP contribution in [0.3, 0.4) is 0 Å². The lowest BCUT2D eigenvalue weighted by Crippen LogP contribution is -2.59. The second-order valence-electron chi connectivity index (χ2n) is 11.3. The van der Waals surface area contributed by atoms with Crippen LogP contribution in [0.2, 0.25) is 0 Å². The molecule has 17 heteroatoms. The van der Waals surface area contributed by atoms with E-state index in [0.717, 1.165) is 33.5 Å². The van der Waals surface area contributed by atoms with Crippen molar-refractivity contribution in [2.75, 3.05) is 6.54 Å². The number of benzene rings is 2. The molecule has 1 saturated heterocycles. The van der Waals surface area contributed by atoms with Gasteiger partial charge >= 0.3 is 12.1 Å². The van der Waals surface area contributed by atoms with Gasteiger partial charge in [-0.05, 0) is 58.0 Å². The summed E-state index contributed by atoms with van der Waals surface area (Å²) >= 11 is 0. The molecule has 4 rings (SSSR count). The second-order valence-corrected chi connectivity index (χ2v) is 13.0. The molecule has 2 aromatic carbocycles. The number of nitrogens with one attached hydrogen (secondary N) is 1. The van der Waals surface area contributed by atoms with E-state index >= 15 is 0 Å². The summed E-state index contributed by atoms with van der Waals surface area (Å²) in [5.74, 6) is -1.61. The number of aromatic nitrogens is 2. The molecule has 1 aliphatic rings. The van der Waals surface area contributed by atoms with Crippen molar-refractivity contribution in [3.8, 4) is 16.9 Å². The van der Waals surface area contributed by atoms with Crippen LogP contribution < -0.4 is 4.72 Å². The van der Waals surface area contributed by atoms with E-state index in [9.17, 15) is 36.4 Å². The van der Waals surface area contributed by atoms with E-state index in [1.54, 1.807) is 45.0 Å². The summed E-state index contributed by atoms with van der Waals surface area (Å²) in [6, 6.07) is 11.2. The van der Waals surface area contributed by atoms with Gasteiger partial charge in [-0.15, -0.1) is 5.01 Å². The van der Waals surface area contributed by atoms with Gasteiger partial charge in [-0.3, -0.25) is 14.4 Å². The Labute approximate surface area is 256 Å². The number of amides is 1. The van der Waals surface area contributed by atoms with E-state index in [-0.39, 0.29) is 34.2 Å². The topological polar surface area (TPSA) is 158 Å². The molecule has 0 radical (unpaired) electrons. The number of aryl methyl sites for hydroxylation is 1. The molecule has 1 aliphatic heterocycles. The number of carbonyl (C=O) groups is 2. The number of hydrazine groups is 1. The minimum Gasteiger partial charge on any atom is -0.569 e. The highest BCUT2D eigenvalue weighted by molar-refractivity contribution is 7.90. The largest absolute Gasteiger partial charge is 0.569 e. The Kier molecular flexibility index (Phi) is 9.14. The van der Waals surface area contributed by atoms with E-state index in [0.29, 0.717) is 5.56 Å². The molecule has 2 heterocycles. The number of halogens is 3. The number of rotatable bonds is 9. The summed E-state index contributed by atoms with van der Waals surface area (Å²) in [6.07, 6.45) is -5.80. The maximum atomic E-state index is 13.5. The van der Waals surface area contributed by atoms with Crippen LogP contribution in [-0.2, 0) is 35.4 Å². The van der Waals surface area contributed by atoms with Crippen LogP contribution in [0, 0.1) is 17.5 Å². The standard InChI is InChI=1S/C28H31F3N6O7S/c1-17-6-8-19(9-7-17)23-16-24(28(29,30)31)32-36(23)20-10-12-21(13-11-20)45(41,42)33-25(38)22-14-15-35(22)37(40)34-44-18(2)43-26(39)27(3,4)5/h6-13,16,18,22H,14-15H2,1-5H3,(H,33,38)/t18?,22-/m0/s1. The number of nitrogens with zero attached hydrogens (tertiary/aromatic N) is 5. The second kappa shape index (κ2) is 12.4. The average molecular weight is 653 g/mol. The molecular formula is C28H31F3N6O7S. The highest BCUT2D eigenvalue weighted by Gasteiger charge is 2.43. The van der Waals surface area contributed by atoms with Gasteiger partial charge in [0.15, 0.2) is 11.7 Å². The molecular weight excluding hydrogens is 621 g/mol. The first-order valence-corrected chi connectivity index (χ1v) is 15.1. The van der Waals surface area contributed by atoms with E-state index in [4.69, 9.17) is 9.57 Å². The molecule has 2 atom stereocenters. The van der Waals surface area contributed by atoms with Gasteiger partial charge < -0.3 is 9.94 Å². The normalized spacial score (nSPS) is 16.5. The Morgan fingerprint density at radius 2 is 1.73 bits per heavy atom. The van der Waals surface area contributed by atoms with E-state index in [1.807, 2.05) is 11.6 Å². The number of alkyl halides is 3. The Morgan fingerprint density at radius 3 is 2.27 bits per heavy atom. The predicted octanol–water partition coefficient (Wildman–Crippen LogP) is 4.49. The first-order valence-electron chi connectivity index (χ1n) is 13.6. The van der Waals surface area contributed by atoms with E-state index in [1.165, 1.54) is 19.1 Å². The molecule has 1 amide bonds. The van der Waals surface area contributed by atoms with Gasteiger partial charge in [0.1, 0.15) is 0 Å². The van der Waals surface area contributed by atoms with Gasteiger partial charge in [-0.1, -0.05) is 29.8 Å². The SMILES string of the molecule is Cc1ccc(-c2cc(C(F)(F)F)nn2-c2ccc(S(=O)(=O)NC(=O)[C@@H]3CCN3[N+]([O-])=NOC(C)OC(=O)C(C)(C)C)cc2)cc1. The first-order chi connectivity index (χ1) is 20.9. The monoisotopic (exact) mass is 652 g/mol. The van der Waals surface area contributed by atoms with Crippen molar-refractivity contribution >= 4 is 21.9 Å². The summed E-state index contributed by atoms with van der Waals surface area (Å²) in [5.41, 5.74) is -0.306. The van der Waals surface area contributed by atoms with Crippen LogP contribution in [0.4, 0.5) is 13.2 Å². The van der Waals surface area contributed by atoms with Crippen LogP contribution in [-0.4, -0.2) is 58.9 Å². The number of hydrogen-bond acceptors (Lipinski definition) is 9. The molecule has 0 spiro atoms. The van der Waals surface area contributed by atoms with E-state index in [2.05, 4.69) is 10.4 Å². The number of ether oxygens (including phenoxy) is 1. The maximum Gasteiger partial charge on any atom is 0.435 e. The Hall–Kier alpha value is -4.67. The summed E-state index contributed by atoms with van der Waals surface area (Å²) in [6.45, 7) is 8.11. The van der Waals surface area contributed by atoms with Crippen LogP contribution in [0.15, 0.2) is 64.8 Å². The molecule has 13 nitrogen and oxygen atoms in total. The van der Waals surface area contributed by atoms with Gasteiger partial charge in [-0.25, -0.2) is 17.8 Å². The van der Waals surface area contributed by atoms with Gasteiger partial charge in [0.2, 0.25) is 5.28 Å². The molecule has 3 aromatic rings. The lowest BCUT2D eigenvalue weighted by atomic mass is 9.97. The molecule has 1 unspecified atom stereocenters. The molecule has 1 fully saturated rings. The first kappa shape index (κ1) is 33.2. The van der Waals surface area contributed by atoms with Crippen LogP contribution in [0.25, 0.3) is 16.9 Å². The highest BCUT2D eigenvalue weighted by atomic mass is 32.2. The highest BCUT2D eigenvalue weighted by Crippen LogP contribution is 2.33. The molecule has 1 N–H and O–H groups in total. The fourth-order valence-electron chi connectivity index (χ4n) is 4.02. The van der Waals surface area contributed by atoms with Gasteiger partial charge in [-0.2, -0.15) is 18.3 Å². The Bertz CT molecular complexity index is 1700. The fraction of sp³-hybridized carbons (Fsp3) is 0.393. The van der Waals surface area contributed by atoms with Crippen molar-refractivity contribution in [1.82, 2.24) is 19.5 Å². The minimum absolute atomic E-state index is 0.0402. The van der Waals surface area contributed by atoms with Crippen LogP contribution >= 0.6 is 0 Å². The van der Waals surface area contributed by atoms with Gasteiger partial charge in [0.05, 0.1) is 33.2 Å². The van der Waals surface area contributed by atoms with E-state index < -0.39 is 51.5 Å². The molecule has 0 saturated carbocycles. The van der Waals surface area contributed by atoms with Crippen molar-refractivity contribution in [3.63, 3.8) is 0 Å². The average Bonchev–Trinajstić information content (AvgIpc) is 3.37. The lowest BCUT2D eigenvalue weighted by Gasteiger charge is -2.34. The zero-order valence-electron chi connectivity index (χ0n) is 24.9. The Balaban J connectivity index is 1.46. The molecule has 242 valence electrons. The van der Waals surface area contributed by atoms with Crippen molar-refractivity contribution in [2.45, 2.75) is 64.4 Å². The zero-order valence-corrected chi connectivity index (χ0v) is 25.7. The number of hydrogen-bond donors (Lipinski definition) is 1. The molecule has 45 heavy (non-hydrogen) atoms. The summed E-state index contributed by atoms with van der Waals surface area (Å²) in [5, 5.41) is 20.2. The van der Waals surface area contributed by atoms with Crippen molar-refractivity contribution in [2.24, 2.45) is 10.7 Å². The fourth-order valence-corrected chi connectivity index (χ4v) is 5.03. The third-order valence-electron chi connectivity index (χ3n) is 6.64. The smallest absolute Gasteiger partial charge is 0.435 e. The van der Waals surface area contributed by atoms with Crippen LogP contribution in [0.5, 0.6) is 0 Å². The van der Waals surface area contributed by atoms with Crippen molar-refractivity contribution < 1.29 is 45.7 Å². The third-order valence-corrected chi connectivity index (χ3v) is 8.00. The summed E-state index contributed by atoms with van der Waals surface area (Å²) < 4.78 is 74.4. The summed E-state index contributed by atoms with van der Waals surface area (Å²) in [7, 11) is -4.44. The zero-order chi connectivity index (χ0) is 33.3. The quantitative estimate of drug-likeness (QED) is 0.116. The van der Waals surface area contributed by atoms with Gasteiger partial charge in [0, 0.05) is 18.9 Å². The predicted molar refractivity (Wildman–Crippen MR) is 151 cm³/mol. The number of sulfonamides is 1. The molecule has 1 aromatic heterocycles.